The van der Waals surface area contributed by atoms with Crippen LogP contribution in [0.2, 0.25) is 0 Å². The van der Waals surface area contributed by atoms with E-state index in [0.717, 1.165) is 22.3 Å². The van der Waals surface area contributed by atoms with Crippen LogP contribution in [-0.2, 0) is 0 Å². The van der Waals surface area contributed by atoms with Crippen LogP contribution < -0.4 is 0 Å². The van der Waals surface area contributed by atoms with Crippen molar-refractivity contribution in [2.45, 2.75) is 25.4 Å². The van der Waals surface area contributed by atoms with Crippen LogP contribution in [0.1, 0.15) is 17.8 Å². The zero-order valence-electron chi connectivity index (χ0n) is 13.6. The molecule has 1 aliphatic heterocycles. The first-order valence-electron chi connectivity index (χ1n) is 7.86. The molecule has 0 amide bonds. The zero-order valence-corrected chi connectivity index (χ0v) is 14.4. The highest BCUT2D eigenvalue weighted by molar-refractivity contribution is 7.99. The number of thioether (sulfide) groups is 1. The van der Waals surface area contributed by atoms with Crippen molar-refractivity contribution in [3.63, 3.8) is 0 Å². The first kappa shape index (κ1) is 15.7. The molecule has 0 spiro atoms. The number of aromatic nitrogens is 4. The van der Waals surface area contributed by atoms with Crippen LogP contribution in [0, 0.1) is 13.8 Å². The lowest BCUT2D eigenvalue weighted by atomic mass is 10.3. The third kappa shape index (κ3) is 3.59. The number of rotatable bonds is 5. The Bertz CT molecular complexity index is 632. The Balaban J connectivity index is 1.52. The number of aryl methyl sites for hydroxylation is 2. The fourth-order valence-electron chi connectivity index (χ4n) is 2.82. The maximum absolute atomic E-state index is 4.43. The smallest absolute Gasteiger partial charge is 0.256 e. The van der Waals surface area contributed by atoms with Crippen molar-refractivity contribution in [3.05, 3.63) is 17.5 Å². The van der Waals surface area contributed by atoms with Gasteiger partial charge in [-0.25, -0.2) is 4.98 Å². The second-order valence-electron chi connectivity index (χ2n) is 6.00. The second kappa shape index (κ2) is 6.93. The van der Waals surface area contributed by atoms with Gasteiger partial charge in [0.05, 0.1) is 0 Å². The van der Waals surface area contributed by atoms with Gasteiger partial charge in [-0.15, -0.1) is 10.2 Å². The third-order valence-corrected chi connectivity index (χ3v) is 5.12. The largest absolute Gasteiger partial charge is 0.304 e. The summed E-state index contributed by atoms with van der Waals surface area (Å²) in [6.45, 7) is 10.0. The molecule has 7 heteroatoms. The van der Waals surface area contributed by atoms with E-state index in [1.54, 1.807) is 11.8 Å². The van der Waals surface area contributed by atoms with Crippen molar-refractivity contribution in [1.29, 1.82) is 0 Å². The molecule has 1 fully saturated rings. The quantitative estimate of drug-likeness (QED) is 0.614. The number of fused-ring (bicyclic) bond motifs is 1. The number of nitrogens with zero attached hydrogens (tertiary/aromatic N) is 6. The standard InChI is InChI=1S/C15H24N6S/c1-12-11-13(2)21-14(16-12)17-18-15(21)22-10-4-5-20-8-6-19(3)7-9-20/h11H,4-10H2,1-3H3. The molecule has 2 aromatic heterocycles. The lowest BCUT2D eigenvalue weighted by Crippen LogP contribution is -2.44. The summed E-state index contributed by atoms with van der Waals surface area (Å²) in [5.41, 5.74) is 2.14. The molecule has 0 N–H and O–H groups in total. The van der Waals surface area contributed by atoms with Crippen molar-refractivity contribution in [2.75, 3.05) is 45.5 Å². The summed E-state index contributed by atoms with van der Waals surface area (Å²) < 4.78 is 2.05. The van der Waals surface area contributed by atoms with Crippen LogP contribution in [0.5, 0.6) is 0 Å². The van der Waals surface area contributed by atoms with E-state index in [4.69, 9.17) is 0 Å². The van der Waals surface area contributed by atoms with Crippen molar-refractivity contribution >= 4 is 17.5 Å². The first-order chi connectivity index (χ1) is 10.6. The van der Waals surface area contributed by atoms with Gasteiger partial charge in [-0.05, 0) is 39.9 Å². The predicted octanol–water partition coefficient (Wildman–Crippen LogP) is 1.47. The summed E-state index contributed by atoms with van der Waals surface area (Å²) in [4.78, 5) is 9.38. The minimum Gasteiger partial charge on any atom is -0.304 e. The van der Waals surface area contributed by atoms with Gasteiger partial charge in [0.1, 0.15) is 0 Å². The topological polar surface area (TPSA) is 49.6 Å². The van der Waals surface area contributed by atoms with Crippen LogP contribution in [0.4, 0.5) is 0 Å². The third-order valence-electron chi connectivity index (χ3n) is 4.11. The van der Waals surface area contributed by atoms with E-state index >= 15 is 0 Å². The van der Waals surface area contributed by atoms with Crippen molar-refractivity contribution < 1.29 is 0 Å². The molecular formula is C15H24N6S. The molecule has 0 aliphatic carbocycles. The van der Waals surface area contributed by atoms with Gasteiger partial charge in [0.15, 0.2) is 5.16 Å². The SMILES string of the molecule is Cc1cc(C)n2c(SCCCN3CCN(C)CC3)nnc2n1. The van der Waals surface area contributed by atoms with E-state index < -0.39 is 0 Å². The summed E-state index contributed by atoms with van der Waals surface area (Å²) in [5, 5.41) is 9.42. The molecule has 2 aromatic rings. The second-order valence-corrected chi connectivity index (χ2v) is 7.07. The van der Waals surface area contributed by atoms with Crippen LogP contribution in [-0.4, -0.2) is 74.9 Å². The molecule has 0 atom stereocenters. The molecule has 0 bridgehead atoms. The fourth-order valence-corrected chi connectivity index (χ4v) is 3.73. The number of likely N-dealkylation sites (N-methyl/N-ethyl adjacent to an activating group) is 1. The highest BCUT2D eigenvalue weighted by Crippen LogP contribution is 2.19. The van der Waals surface area contributed by atoms with Crippen LogP contribution in [0.3, 0.4) is 0 Å². The first-order valence-corrected chi connectivity index (χ1v) is 8.85. The van der Waals surface area contributed by atoms with Gasteiger partial charge >= 0.3 is 0 Å². The van der Waals surface area contributed by atoms with E-state index in [0.29, 0.717) is 5.78 Å². The van der Waals surface area contributed by atoms with E-state index in [2.05, 4.69) is 45.0 Å². The number of piperazine rings is 1. The Hall–Kier alpha value is -1.18. The Kier molecular flexibility index (Phi) is 4.95. The lowest BCUT2D eigenvalue weighted by Gasteiger charge is -2.32. The summed E-state index contributed by atoms with van der Waals surface area (Å²) in [6, 6.07) is 2.07. The zero-order chi connectivity index (χ0) is 15.5. The van der Waals surface area contributed by atoms with Crippen molar-refractivity contribution in [1.82, 2.24) is 29.4 Å². The molecule has 0 aromatic carbocycles. The Morgan fingerprint density at radius 1 is 1.14 bits per heavy atom. The molecule has 6 nitrogen and oxygen atoms in total. The van der Waals surface area contributed by atoms with Gasteiger partial charge in [-0.2, -0.15) is 0 Å². The Morgan fingerprint density at radius 3 is 2.68 bits per heavy atom. The molecule has 22 heavy (non-hydrogen) atoms. The average Bonchev–Trinajstić information content (AvgIpc) is 2.88. The summed E-state index contributed by atoms with van der Waals surface area (Å²) in [5.74, 6) is 1.78. The van der Waals surface area contributed by atoms with E-state index in [1.807, 2.05) is 11.3 Å². The minimum absolute atomic E-state index is 0.707. The molecule has 1 aliphatic rings. The van der Waals surface area contributed by atoms with Gasteiger partial charge in [-0.1, -0.05) is 11.8 Å². The fraction of sp³-hybridized carbons (Fsp3) is 0.667. The molecule has 0 radical (unpaired) electrons. The minimum atomic E-state index is 0.707. The molecular weight excluding hydrogens is 296 g/mol. The molecule has 1 saturated heterocycles. The van der Waals surface area contributed by atoms with Crippen molar-refractivity contribution in [2.24, 2.45) is 0 Å². The molecule has 3 rings (SSSR count). The molecule has 3 heterocycles. The van der Waals surface area contributed by atoms with E-state index in [-0.39, 0.29) is 0 Å². The van der Waals surface area contributed by atoms with Crippen LogP contribution in [0.15, 0.2) is 11.2 Å². The van der Waals surface area contributed by atoms with Crippen molar-refractivity contribution in [3.8, 4) is 0 Å². The van der Waals surface area contributed by atoms with E-state index in [9.17, 15) is 0 Å². The normalized spacial score (nSPS) is 17.4. The van der Waals surface area contributed by atoms with Gasteiger partial charge in [0.2, 0.25) is 0 Å². The molecule has 0 saturated carbocycles. The highest BCUT2D eigenvalue weighted by Gasteiger charge is 2.14. The molecule has 0 unspecified atom stereocenters. The maximum Gasteiger partial charge on any atom is 0.256 e. The van der Waals surface area contributed by atoms with Gasteiger partial charge in [0.25, 0.3) is 5.78 Å². The van der Waals surface area contributed by atoms with Gasteiger partial charge < -0.3 is 9.80 Å². The maximum atomic E-state index is 4.43. The summed E-state index contributed by atoms with van der Waals surface area (Å²) in [6.07, 6.45) is 1.18. The highest BCUT2D eigenvalue weighted by atomic mass is 32.2. The Morgan fingerprint density at radius 2 is 1.91 bits per heavy atom. The number of hydrogen-bond acceptors (Lipinski definition) is 6. The summed E-state index contributed by atoms with van der Waals surface area (Å²) >= 11 is 1.78. The van der Waals surface area contributed by atoms with Crippen LogP contribution >= 0.6 is 11.8 Å². The van der Waals surface area contributed by atoms with Crippen LogP contribution in [0.25, 0.3) is 5.78 Å². The lowest BCUT2D eigenvalue weighted by molar-refractivity contribution is 0.154. The van der Waals surface area contributed by atoms with E-state index in [1.165, 1.54) is 39.1 Å². The van der Waals surface area contributed by atoms with Gasteiger partial charge in [0, 0.05) is 43.3 Å². The average molecular weight is 320 g/mol. The predicted molar refractivity (Wildman–Crippen MR) is 89.5 cm³/mol. The summed E-state index contributed by atoms with van der Waals surface area (Å²) in [7, 11) is 2.20. The monoisotopic (exact) mass is 320 g/mol. The molecule has 120 valence electrons. The number of hydrogen-bond donors (Lipinski definition) is 0. The Labute approximate surface area is 135 Å². The van der Waals surface area contributed by atoms with Gasteiger partial charge in [-0.3, -0.25) is 4.40 Å².